The second-order valence-corrected chi connectivity index (χ2v) is 8.06. The minimum atomic E-state index is -0.306. The van der Waals surface area contributed by atoms with Crippen LogP contribution >= 0.6 is 11.6 Å². The maximum atomic E-state index is 12.8. The van der Waals surface area contributed by atoms with Crippen LogP contribution in [-0.2, 0) is 6.61 Å². The van der Waals surface area contributed by atoms with E-state index >= 15 is 0 Å². The zero-order valence-electron chi connectivity index (χ0n) is 17.2. The van der Waals surface area contributed by atoms with Crippen molar-refractivity contribution < 1.29 is 14.3 Å². The van der Waals surface area contributed by atoms with Crippen LogP contribution in [0, 0.1) is 6.92 Å². The smallest absolute Gasteiger partial charge is 0.255 e. The lowest BCUT2D eigenvalue weighted by Crippen LogP contribution is -2.25. The predicted octanol–water partition coefficient (Wildman–Crippen LogP) is 5.37. The molecule has 0 heterocycles. The van der Waals surface area contributed by atoms with Crippen molar-refractivity contribution in [2.45, 2.75) is 32.4 Å². The highest BCUT2D eigenvalue weighted by molar-refractivity contribution is 6.32. The van der Waals surface area contributed by atoms with Gasteiger partial charge in [-0.3, -0.25) is 9.59 Å². The molecule has 1 aliphatic rings. The van der Waals surface area contributed by atoms with Gasteiger partial charge in [0.25, 0.3) is 11.8 Å². The van der Waals surface area contributed by atoms with Crippen LogP contribution in [0.15, 0.2) is 66.7 Å². The number of rotatable bonds is 7. The maximum Gasteiger partial charge on any atom is 0.255 e. The van der Waals surface area contributed by atoms with E-state index < -0.39 is 0 Å². The normalized spacial score (nSPS) is 12.8. The van der Waals surface area contributed by atoms with E-state index in [-0.39, 0.29) is 17.9 Å². The highest BCUT2D eigenvalue weighted by Gasteiger charge is 2.24. The van der Waals surface area contributed by atoms with Crippen molar-refractivity contribution in [2.75, 3.05) is 5.32 Å². The minimum Gasteiger partial charge on any atom is -0.487 e. The summed E-state index contributed by atoms with van der Waals surface area (Å²) in [6.45, 7) is 2.27. The fourth-order valence-electron chi connectivity index (χ4n) is 3.08. The molecule has 1 fully saturated rings. The number of benzene rings is 3. The van der Waals surface area contributed by atoms with Crippen molar-refractivity contribution in [1.29, 1.82) is 0 Å². The molecule has 0 bridgehead atoms. The largest absolute Gasteiger partial charge is 0.487 e. The van der Waals surface area contributed by atoms with Crippen LogP contribution in [0.3, 0.4) is 0 Å². The molecule has 0 aliphatic heterocycles. The summed E-state index contributed by atoms with van der Waals surface area (Å²) >= 11 is 6.34. The Balaban J connectivity index is 1.43. The van der Waals surface area contributed by atoms with E-state index in [4.69, 9.17) is 16.3 Å². The van der Waals surface area contributed by atoms with Crippen molar-refractivity contribution in [3.63, 3.8) is 0 Å². The molecule has 2 amide bonds. The number of halogens is 1. The summed E-state index contributed by atoms with van der Waals surface area (Å²) in [7, 11) is 0. The third kappa shape index (κ3) is 5.44. The third-order valence-electron chi connectivity index (χ3n) is 5.09. The Hall–Kier alpha value is -3.31. The van der Waals surface area contributed by atoms with Crippen LogP contribution in [0.4, 0.5) is 5.69 Å². The van der Waals surface area contributed by atoms with Gasteiger partial charge in [-0.1, -0.05) is 48.0 Å². The van der Waals surface area contributed by atoms with E-state index in [2.05, 4.69) is 10.6 Å². The first-order valence-corrected chi connectivity index (χ1v) is 10.6. The van der Waals surface area contributed by atoms with E-state index in [0.717, 1.165) is 24.0 Å². The van der Waals surface area contributed by atoms with Crippen LogP contribution < -0.4 is 15.4 Å². The summed E-state index contributed by atoms with van der Waals surface area (Å²) in [5, 5.41) is 6.19. The summed E-state index contributed by atoms with van der Waals surface area (Å²) in [6.07, 6.45) is 2.04. The summed E-state index contributed by atoms with van der Waals surface area (Å²) in [6, 6.07) is 20.3. The highest BCUT2D eigenvalue weighted by Crippen LogP contribution is 2.27. The van der Waals surface area contributed by atoms with Gasteiger partial charge in [0, 0.05) is 22.9 Å². The molecule has 1 saturated carbocycles. The Morgan fingerprint density at radius 1 is 0.968 bits per heavy atom. The number of ether oxygens (including phenoxy) is 1. The second-order valence-electron chi connectivity index (χ2n) is 7.65. The first kappa shape index (κ1) is 20.9. The van der Waals surface area contributed by atoms with Crippen molar-refractivity contribution in [1.82, 2.24) is 5.32 Å². The van der Waals surface area contributed by atoms with Gasteiger partial charge in [-0.25, -0.2) is 0 Å². The van der Waals surface area contributed by atoms with Crippen LogP contribution in [0.2, 0.25) is 5.02 Å². The van der Waals surface area contributed by atoms with E-state index in [1.807, 2.05) is 43.3 Å². The number of amides is 2. The number of hydrogen-bond acceptors (Lipinski definition) is 3. The maximum absolute atomic E-state index is 12.8. The van der Waals surface area contributed by atoms with Gasteiger partial charge in [-0.2, -0.15) is 0 Å². The zero-order valence-corrected chi connectivity index (χ0v) is 17.9. The van der Waals surface area contributed by atoms with Gasteiger partial charge in [0.1, 0.15) is 12.4 Å². The molecule has 3 aromatic carbocycles. The summed E-state index contributed by atoms with van der Waals surface area (Å²) in [4.78, 5) is 25.1. The molecule has 0 saturated heterocycles. The van der Waals surface area contributed by atoms with Crippen LogP contribution in [0.25, 0.3) is 0 Å². The van der Waals surface area contributed by atoms with Crippen molar-refractivity contribution in [3.05, 3.63) is 94.0 Å². The topological polar surface area (TPSA) is 67.4 Å². The minimum absolute atomic E-state index is 0.124. The number of aryl methyl sites for hydroxylation is 1. The third-order valence-corrected chi connectivity index (χ3v) is 5.39. The van der Waals surface area contributed by atoms with Gasteiger partial charge in [0.15, 0.2) is 0 Å². The summed E-state index contributed by atoms with van der Waals surface area (Å²) in [5.41, 5.74) is 3.42. The molecule has 6 heteroatoms. The molecule has 158 valence electrons. The predicted molar refractivity (Wildman–Crippen MR) is 122 cm³/mol. The summed E-state index contributed by atoms with van der Waals surface area (Å²) in [5.74, 6) is 0.0808. The Morgan fingerprint density at radius 2 is 1.68 bits per heavy atom. The molecule has 1 aliphatic carbocycles. The molecule has 31 heavy (non-hydrogen) atoms. The van der Waals surface area contributed by atoms with E-state index in [1.165, 1.54) is 0 Å². The lowest BCUT2D eigenvalue weighted by molar-refractivity contribution is 0.0949. The average molecular weight is 435 g/mol. The Bertz CT molecular complexity index is 1110. The Labute approximate surface area is 186 Å². The van der Waals surface area contributed by atoms with Crippen molar-refractivity contribution >= 4 is 29.1 Å². The number of carbonyl (C=O) groups is 2. The van der Waals surface area contributed by atoms with E-state index in [0.29, 0.717) is 34.2 Å². The van der Waals surface area contributed by atoms with Crippen LogP contribution in [-0.4, -0.2) is 17.9 Å². The van der Waals surface area contributed by atoms with E-state index in [1.54, 1.807) is 30.3 Å². The van der Waals surface area contributed by atoms with Gasteiger partial charge in [0.2, 0.25) is 0 Å². The quantitative estimate of drug-likeness (QED) is 0.525. The lowest BCUT2D eigenvalue weighted by Gasteiger charge is -2.12. The van der Waals surface area contributed by atoms with E-state index in [9.17, 15) is 9.59 Å². The molecule has 3 aromatic rings. The van der Waals surface area contributed by atoms with Gasteiger partial charge >= 0.3 is 0 Å². The highest BCUT2D eigenvalue weighted by atomic mass is 35.5. The Kier molecular flexibility index (Phi) is 6.23. The molecular formula is C25H23ClN2O3. The van der Waals surface area contributed by atoms with Gasteiger partial charge in [0.05, 0.1) is 5.02 Å². The molecule has 4 rings (SSSR count). The molecule has 0 aromatic heterocycles. The van der Waals surface area contributed by atoms with Crippen LogP contribution in [0.5, 0.6) is 5.75 Å². The molecule has 0 spiro atoms. The molecule has 5 nitrogen and oxygen atoms in total. The Morgan fingerprint density at radius 3 is 2.39 bits per heavy atom. The molecule has 2 N–H and O–H groups in total. The second kappa shape index (κ2) is 9.23. The SMILES string of the molecule is Cc1ccc(C(=O)NC2CC2)cc1NC(=O)c1ccc(OCc2ccccc2)c(Cl)c1. The number of anilines is 1. The molecular weight excluding hydrogens is 412 g/mol. The van der Waals surface area contributed by atoms with Crippen molar-refractivity contribution in [2.24, 2.45) is 0 Å². The fraction of sp³-hybridized carbons (Fsp3) is 0.200. The number of hydrogen-bond donors (Lipinski definition) is 2. The lowest BCUT2D eigenvalue weighted by atomic mass is 10.1. The molecule has 0 radical (unpaired) electrons. The van der Waals surface area contributed by atoms with Gasteiger partial charge in [-0.05, 0) is 61.2 Å². The standard InChI is InChI=1S/C25H23ClN2O3/c1-16-7-8-19(24(29)27-20-10-11-20)14-22(16)28-25(30)18-9-12-23(21(26)13-18)31-15-17-5-3-2-4-6-17/h2-9,12-14,20H,10-11,15H2,1H3,(H,27,29)(H,28,30). The monoisotopic (exact) mass is 434 g/mol. The van der Waals surface area contributed by atoms with Crippen LogP contribution in [0.1, 0.15) is 44.7 Å². The van der Waals surface area contributed by atoms with Gasteiger partial charge in [-0.15, -0.1) is 0 Å². The zero-order chi connectivity index (χ0) is 21.8. The summed E-state index contributed by atoms with van der Waals surface area (Å²) < 4.78 is 5.77. The number of carbonyl (C=O) groups excluding carboxylic acids is 2. The van der Waals surface area contributed by atoms with Gasteiger partial charge < -0.3 is 15.4 Å². The number of nitrogens with one attached hydrogen (secondary N) is 2. The first-order chi connectivity index (χ1) is 15.0. The fourth-order valence-corrected chi connectivity index (χ4v) is 3.32. The molecule has 0 atom stereocenters. The average Bonchev–Trinajstić information content (AvgIpc) is 3.59. The van der Waals surface area contributed by atoms with Crippen molar-refractivity contribution in [3.8, 4) is 5.75 Å². The molecule has 0 unspecified atom stereocenters. The first-order valence-electron chi connectivity index (χ1n) is 10.2.